The van der Waals surface area contributed by atoms with Crippen LogP contribution >= 0.6 is 0 Å². The average Bonchev–Trinajstić information content (AvgIpc) is 2.83. The van der Waals surface area contributed by atoms with Gasteiger partial charge in [0.25, 0.3) is 0 Å². The van der Waals surface area contributed by atoms with Crippen molar-refractivity contribution in [2.45, 2.75) is 39.8 Å². The highest BCUT2D eigenvalue weighted by atomic mass is 16.2. The number of nitrogens with one attached hydrogen (secondary N) is 1. The van der Waals surface area contributed by atoms with Crippen LogP contribution in [0, 0.1) is 13.8 Å². The molecule has 1 aliphatic heterocycles. The molecule has 1 N–H and O–H groups in total. The van der Waals surface area contributed by atoms with Crippen LogP contribution in [0.2, 0.25) is 0 Å². The van der Waals surface area contributed by atoms with E-state index in [1.54, 1.807) is 0 Å². The Labute approximate surface area is 137 Å². The number of aryl methyl sites for hydroxylation is 1. The summed E-state index contributed by atoms with van der Waals surface area (Å²) in [4.78, 5) is 14.8. The van der Waals surface area contributed by atoms with E-state index < -0.39 is 0 Å². The molecule has 0 unspecified atom stereocenters. The normalized spacial score (nSPS) is 19.2. The first kappa shape index (κ1) is 15.7. The first-order valence-corrected chi connectivity index (χ1v) is 8.15. The summed E-state index contributed by atoms with van der Waals surface area (Å²) in [5, 5.41) is 7.70. The summed E-state index contributed by atoms with van der Waals surface area (Å²) in [5.74, 6) is 0.0729. The lowest BCUT2D eigenvalue weighted by atomic mass is 9.99. The molecule has 0 radical (unpaired) electrons. The number of carbonyl (C=O) groups excluding carboxylic acids is 1. The Hall–Kier alpha value is -2.14. The summed E-state index contributed by atoms with van der Waals surface area (Å²) in [6.45, 7) is 9.88. The number of hydrogen-bond acceptors (Lipinski definition) is 3. The second-order valence-corrected chi connectivity index (χ2v) is 6.36. The zero-order valence-corrected chi connectivity index (χ0v) is 14.2. The Morgan fingerprint density at radius 3 is 2.57 bits per heavy atom. The van der Waals surface area contributed by atoms with Crippen LogP contribution in [0.5, 0.6) is 0 Å². The molecule has 1 fully saturated rings. The van der Waals surface area contributed by atoms with E-state index in [9.17, 15) is 4.79 Å². The summed E-state index contributed by atoms with van der Waals surface area (Å²) < 4.78 is 1.94. The Bertz CT molecular complexity index is 705. The van der Waals surface area contributed by atoms with E-state index in [2.05, 4.69) is 24.1 Å². The van der Waals surface area contributed by atoms with E-state index in [1.807, 2.05) is 48.9 Å². The molecule has 1 amide bonds. The number of nitrogens with zero attached hydrogens (tertiary/aromatic N) is 3. The van der Waals surface area contributed by atoms with Crippen molar-refractivity contribution in [3.63, 3.8) is 0 Å². The van der Waals surface area contributed by atoms with Gasteiger partial charge in [0, 0.05) is 30.4 Å². The predicted octanol–water partition coefficient (Wildman–Crippen LogP) is 2.37. The molecule has 1 aromatic carbocycles. The molecule has 1 aliphatic rings. The maximum absolute atomic E-state index is 12.6. The average molecular weight is 312 g/mol. The lowest BCUT2D eigenvalue weighted by Gasteiger charge is -2.38. The monoisotopic (exact) mass is 312 g/mol. The molecule has 1 saturated heterocycles. The maximum Gasteiger partial charge on any atom is 0.242 e. The van der Waals surface area contributed by atoms with Gasteiger partial charge in [-0.1, -0.05) is 18.2 Å². The lowest BCUT2D eigenvalue weighted by Crippen LogP contribution is -2.52. The van der Waals surface area contributed by atoms with E-state index in [1.165, 1.54) is 0 Å². The van der Waals surface area contributed by atoms with Crippen LogP contribution in [-0.4, -0.2) is 39.7 Å². The van der Waals surface area contributed by atoms with Crippen LogP contribution in [-0.2, 0) is 4.79 Å². The van der Waals surface area contributed by atoms with Crippen molar-refractivity contribution in [3.05, 3.63) is 47.3 Å². The largest absolute Gasteiger partial charge is 0.353 e. The van der Waals surface area contributed by atoms with Crippen LogP contribution < -0.4 is 5.32 Å². The Kier molecular flexibility index (Phi) is 4.22. The molecule has 5 nitrogen and oxygen atoms in total. The van der Waals surface area contributed by atoms with Crippen molar-refractivity contribution >= 4 is 5.91 Å². The number of carbonyl (C=O) groups is 1. The van der Waals surface area contributed by atoms with E-state index in [4.69, 9.17) is 5.10 Å². The van der Waals surface area contributed by atoms with Gasteiger partial charge >= 0.3 is 0 Å². The highest BCUT2D eigenvalue weighted by Gasteiger charge is 2.36. The van der Waals surface area contributed by atoms with E-state index >= 15 is 0 Å². The minimum Gasteiger partial charge on any atom is -0.353 e. The Morgan fingerprint density at radius 1 is 1.22 bits per heavy atom. The van der Waals surface area contributed by atoms with Gasteiger partial charge in [-0.05, 0) is 39.8 Å². The minimum absolute atomic E-state index is 0.0729. The summed E-state index contributed by atoms with van der Waals surface area (Å²) in [6, 6.07) is 10.1. The molecular formula is C18H24N4O. The van der Waals surface area contributed by atoms with E-state index in [0.717, 1.165) is 29.2 Å². The quantitative estimate of drug-likeness (QED) is 0.946. The molecule has 5 heteroatoms. The second-order valence-electron chi connectivity index (χ2n) is 6.36. The summed E-state index contributed by atoms with van der Waals surface area (Å²) in [5.41, 5.74) is 3.99. The maximum atomic E-state index is 12.6. The third-order valence-corrected chi connectivity index (χ3v) is 4.53. The fourth-order valence-electron chi connectivity index (χ4n) is 3.41. The van der Waals surface area contributed by atoms with Crippen molar-refractivity contribution in [3.8, 4) is 5.69 Å². The predicted molar refractivity (Wildman–Crippen MR) is 90.6 cm³/mol. The molecular weight excluding hydrogens is 288 g/mol. The van der Waals surface area contributed by atoms with Crippen molar-refractivity contribution in [1.29, 1.82) is 0 Å². The number of benzene rings is 1. The van der Waals surface area contributed by atoms with Crippen LogP contribution in [0.1, 0.15) is 36.8 Å². The SMILES string of the molecule is Cc1nn(-c2ccccc2)c(C)c1[C@H]1C(=O)NCCN1C(C)C. The summed E-state index contributed by atoms with van der Waals surface area (Å²) in [6.07, 6.45) is 0. The zero-order valence-electron chi connectivity index (χ0n) is 14.2. The molecule has 0 spiro atoms. The van der Waals surface area contributed by atoms with Gasteiger partial charge in [0.2, 0.25) is 5.91 Å². The van der Waals surface area contributed by atoms with Crippen molar-refractivity contribution in [2.75, 3.05) is 13.1 Å². The van der Waals surface area contributed by atoms with Crippen LogP contribution in [0.25, 0.3) is 5.69 Å². The number of rotatable bonds is 3. The Balaban J connectivity index is 2.09. The third kappa shape index (κ3) is 2.77. The van der Waals surface area contributed by atoms with Crippen molar-refractivity contribution in [1.82, 2.24) is 20.0 Å². The summed E-state index contributed by atoms with van der Waals surface area (Å²) >= 11 is 0. The number of piperazine rings is 1. The molecule has 1 aromatic heterocycles. The lowest BCUT2D eigenvalue weighted by molar-refractivity contribution is -0.130. The van der Waals surface area contributed by atoms with Gasteiger partial charge in [-0.25, -0.2) is 4.68 Å². The first-order chi connectivity index (χ1) is 11.0. The minimum atomic E-state index is -0.263. The van der Waals surface area contributed by atoms with Gasteiger partial charge in [0.05, 0.1) is 11.4 Å². The molecule has 23 heavy (non-hydrogen) atoms. The molecule has 2 heterocycles. The van der Waals surface area contributed by atoms with Gasteiger partial charge in [-0.15, -0.1) is 0 Å². The van der Waals surface area contributed by atoms with Gasteiger partial charge in [-0.2, -0.15) is 5.10 Å². The Morgan fingerprint density at radius 2 is 1.91 bits per heavy atom. The number of para-hydroxylation sites is 1. The molecule has 3 rings (SSSR count). The van der Waals surface area contributed by atoms with Gasteiger partial charge < -0.3 is 5.32 Å². The molecule has 1 atom stereocenters. The van der Waals surface area contributed by atoms with Crippen molar-refractivity contribution in [2.24, 2.45) is 0 Å². The van der Waals surface area contributed by atoms with Crippen LogP contribution in [0.15, 0.2) is 30.3 Å². The molecule has 0 aliphatic carbocycles. The molecule has 0 saturated carbocycles. The second kappa shape index (κ2) is 6.16. The smallest absolute Gasteiger partial charge is 0.242 e. The summed E-state index contributed by atoms with van der Waals surface area (Å²) in [7, 11) is 0. The molecule has 2 aromatic rings. The van der Waals surface area contributed by atoms with E-state index in [0.29, 0.717) is 12.6 Å². The number of aromatic nitrogens is 2. The molecule has 0 bridgehead atoms. The van der Waals surface area contributed by atoms with Crippen LogP contribution in [0.4, 0.5) is 0 Å². The fourth-order valence-corrected chi connectivity index (χ4v) is 3.41. The fraction of sp³-hybridized carbons (Fsp3) is 0.444. The number of amides is 1. The number of hydrogen-bond donors (Lipinski definition) is 1. The zero-order chi connectivity index (χ0) is 16.6. The first-order valence-electron chi connectivity index (χ1n) is 8.15. The van der Waals surface area contributed by atoms with Gasteiger partial charge in [-0.3, -0.25) is 9.69 Å². The van der Waals surface area contributed by atoms with Gasteiger partial charge in [0.15, 0.2) is 0 Å². The van der Waals surface area contributed by atoms with Crippen LogP contribution in [0.3, 0.4) is 0 Å². The molecule has 122 valence electrons. The highest BCUT2D eigenvalue weighted by Crippen LogP contribution is 2.31. The standard InChI is InChI=1S/C18H24N4O/c1-12(2)21-11-10-19-18(23)17(21)16-13(3)20-22(14(16)4)15-8-6-5-7-9-15/h5-9,12,17H,10-11H2,1-4H3,(H,19,23)/t17-/m0/s1. The topological polar surface area (TPSA) is 50.2 Å². The third-order valence-electron chi connectivity index (χ3n) is 4.53. The van der Waals surface area contributed by atoms with Gasteiger partial charge in [0.1, 0.15) is 6.04 Å². The van der Waals surface area contributed by atoms with Crippen molar-refractivity contribution < 1.29 is 4.79 Å². The highest BCUT2D eigenvalue weighted by molar-refractivity contribution is 5.84. The van der Waals surface area contributed by atoms with E-state index in [-0.39, 0.29) is 11.9 Å².